The molecule has 0 unspecified atom stereocenters. The van der Waals surface area contributed by atoms with Crippen LogP contribution in [0.4, 0.5) is 4.79 Å². The van der Waals surface area contributed by atoms with Crippen LogP contribution in [0, 0.1) is 0 Å². The highest BCUT2D eigenvalue weighted by atomic mass is 127. The van der Waals surface area contributed by atoms with Crippen molar-refractivity contribution in [3.8, 4) is 0 Å². The molecule has 9 heteroatoms. The van der Waals surface area contributed by atoms with Gasteiger partial charge in [-0.1, -0.05) is 42.5 Å². The molecule has 0 spiro atoms. The number of nitrogens with zero attached hydrogens (tertiary/aromatic N) is 2. The number of amides is 1. The topological polar surface area (TPSA) is 106 Å². The summed E-state index contributed by atoms with van der Waals surface area (Å²) in [6, 6.07) is 16.9. The van der Waals surface area contributed by atoms with Gasteiger partial charge in [-0.15, -0.1) is 24.0 Å². The van der Waals surface area contributed by atoms with Gasteiger partial charge in [-0.25, -0.2) is 14.6 Å². The van der Waals surface area contributed by atoms with E-state index in [0.29, 0.717) is 37.8 Å². The fourth-order valence-corrected chi connectivity index (χ4v) is 3.46. The van der Waals surface area contributed by atoms with Gasteiger partial charge in [0.25, 0.3) is 0 Å². The summed E-state index contributed by atoms with van der Waals surface area (Å²) in [6.07, 6.45) is 1.28. The molecule has 0 saturated carbocycles. The van der Waals surface area contributed by atoms with Crippen molar-refractivity contribution in [3.05, 3.63) is 71.3 Å². The van der Waals surface area contributed by atoms with Crippen LogP contribution in [0.15, 0.2) is 59.6 Å². The van der Waals surface area contributed by atoms with Crippen LogP contribution in [0.5, 0.6) is 0 Å². The summed E-state index contributed by atoms with van der Waals surface area (Å²) >= 11 is 0. The average molecular weight is 566 g/mol. The predicted molar refractivity (Wildman–Crippen MR) is 137 cm³/mol. The highest BCUT2D eigenvalue weighted by molar-refractivity contribution is 14.0. The highest BCUT2D eigenvalue weighted by Gasteiger charge is 2.23. The number of nitrogens with two attached hydrogens (primary N) is 1. The zero-order chi connectivity index (χ0) is 22.8. The molecule has 2 aromatic rings. The number of rotatable bonds is 7. The zero-order valence-electron chi connectivity index (χ0n) is 18.7. The summed E-state index contributed by atoms with van der Waals surface area (Å²) in [5.74, 6) is -0.0317. The third-order valence-corrected chi connectivity index (χ3v) is 5.18. The Morgan fingerprint density at radius 1 is 1.06 bits per heavy atom. The molecule has 1 aliphatic rings. The van der Waals surface area contributed by atoms with Gasteiger partial charge >= 0.3 is 12.1 Å². The molecule has 0 bridgehead atoms. The van der Waals surface area contributed by atoms with Gasteiger partial charge in [0, 0.05) is 19.1 Å². The third-order valence-electron chi connectivity index (χ3n) is 5.18. The molecule has 178 valence electrons. The quantitative estimate of drug-likeness (QED) is 0.229. The minimum atomic E-state index is -0.376. The number of esters is 1. The number of hydrogen-bond donors (Lipinski definition) is 2. The average Bonchev–Trinajstić information content (AvgIpc) is 2.82. The van der Waals surface area contributed by atoms with Gasteiger partial charge in [0.2, 0.25) is 0 Å². The number of carbonyl (C=O) groups excluding carboxylic acids is 2. The van der Waals surface area contributed by atoms with E-state index >= 15 is 0 Å². The normalized spacial score (nSPS) is 14.2. The minimum Gasteiger partial charge on any atom is -0.457 e. The van der Waals surface area contributed by atoms with Crippen molar-refractivity contribution in [1.82, 2.24) is 10.2 Å². The van der Waals surface area contributed by atoms with Gasteiger partial charge in [0.05, 0.1) is 18.7 Å². The molecular weight excluding hydrogens is 535 g/mol. The third kappa shape index (κ3) is 8.56. The van der Waals surface area contributed by atoms with Crippen molar-refractivity contribution in [3.63, 3.8) is 0 Å². The Balaban J connectivity index is 0.00000385. The number of likely N-dealkylation sites (tertiary alicyclic amines) is 1. The number of aliphatic imine (C=N–C) groups is 1. The van der Waals surface area contributed by atoms with Crippen LogP contribution < -0.4 is 11.1 Å². The lowest BCUT2D eigenvalue weighted by Crippen LogP contribution is -2.48. The van der Waals surface area contributed by atoms with Gasteiger partial charge in [-0.05, 0) is 43.0 Å². The minimum absolute atomic E-state index is 0. The maximum absolute atomic E-state index is 12.4. The van der Waals surface area contributed by atoms with Crippen molar-refractivity contribution in [2.24, 2.45) is 10.7 Å². The highest BCUT2D eigenvalue weighted by Crippen LogP contribution is 2.12. The summed E-state index contributed by atoms with van der Waals surface area (Å²) in [5.41, 5.74) is 8.33. The van der Waals surface area contributed by atoms with Crippen LogP contribution in [0.2, 0.25) is 0 Å². The molecule has 0 aliphatic carbocycles. The second-order valence-corrected chi connectivity index (χ2v) is 7.57. The SMILES string of the molecule is CCOC(=O)N1CCC(NC(N)=NCc2cccc(C(=O)OCc3ccccc3)c2)CC1.I. The Kier molecular flexibility index (Phi) is 10.9. The molecule has 0 aromatic heterocycles. The molecule has 3 rings (SSSR count). The van der Waals surface area contributed by atoms with Crippen molar-refractivity contribution < 1.29 is 19.1 Å². The van der Waals surface area contributed by atoms with Crippen LogP contribution in [0.1, 0.15) is 41.3 Å². The molecular formula is C24H31IN4O4. The molecule has 0 atom stereocenters. The lowest BCUT2D eigenvalue weighted by atomic mass is 10.1. The summed E-state index contributed by atoms with van der Waals surface area (Å²) in [5, 5.41) is 3.21. The molecule has 1 aliphatic heterocycles. The molecule has 0 radical (unpaired) electrons. The molecule has 1 saturated heterocycles. The number of piperidine rings is 1. The Labute approximate surface area is 211 Å². The van der Waals surface area contributed by atoms with Gasteiger partial charge in [0.1, 0.15) is 6.61 Å². The number of ether oxygens (including phenoxy) is 2. The monoisotopic (exact) mass is 566 g/mol. The first-order chi connectivity index (χ1) is 15.5. The number of halogens is 1. The molecule has 8 nitrogen and oxygen atoms in total. The van der Waals surface area contributed by atoms with Gasteiger partial charge in [-0.3, -0.25) is 0 Å². The summed E-state index contributed by atoms with van der Waals surface area (Å²) < 4.78 is 10.4. The Morgan fingerprint density at radius 3 is 2.45 bits per heavy atom. The van der Waals surface area contributed by atoms with Gasteiger partial charge in [0.15, 0.2) is 5.96 Å². The molecule has 33 heavy (non-hydrogen) atoms. The summed E-state index contributed by atoms with van der Waals surface area (Å²) in [6.45, 7) is 4.00. The fourth-order valence-electron chi connectivity index (χ4n) is 3.46. The number of hydrogen-bond acceptors (Lipinski definition) is 5. The largest absolute Gasteiger partial charge is 0.457 e. The van der Waals surface area contributed by atoms with E-state index < -0.39 is 0 Å². The van der Waals surface area contributed by atoms with Crippen molar-refractivity contribution in [1.29, 1.82) is 0 Å². The number of benzene rings is 2. The molecule has 1 amide bonds. The van der Waals surface area contributed by atoms with Crippen molar-refractivity contribution >= 4 is 42.0 Å². The zero-order valence-corrected chi connectivity index (χ0v) is 21.1. The van der Waals surface area contributed by atoms with Gasteiger partial charge < -0.3 is 25.4 Å². The molecule has 1 heterocycles. The molecule has 3 N–H and O–H groups in total. The molecule has 2 aromatic carbocycles. The van der Waals surface area contributed by atoms with Crippen molar-refractivity contribution in [2.45, 2.75) is 39.0 Å². The lowest BCUT2D eigenvalue weighted by molar-refractivity contribution is 0.0472. The number of nitrogens with one attached hydrogen (secondary N) is 1. The first kappa shape index (κ1) is 26.4. The second-order valence-electron chi connectivity index (χ2n) is 7.57. The summed E-state index contributed by atoms with van der Waals surface area (Å²) in [4.78, 5) is 30.2. The number of guanidine groups is 1. The first-order valence-corrected chi connectivity index (χ1v) is 10.8. The second kappa shape index (κ2) is 13.7. The van der Waals surface area contributed by atoms with Crippen LogP contribution in [-0.4, -0.2) is 48.7 Å². The van der Waals surface area contributed by atoms with E-state index in [9.17, 15) is 9.59 Å². The number of carbonyl (C=O) groups is 2. The van der Waals surface area contributed by atoms with Crippen LogP contribution in [0.3, 0.4) is 0 Å². The maximum Gasteiger partial charge on any atom is 0.409 e. The Hall–Kier alpha value is -2.82. The van der Waals surface area contributed by atoms with E-state index in [0.717, 1.165) is 24.0 Å². The van der Waals surface area contributed by atoms with Crippen molar-refractivity contribution in [2.75, 3.05) is 19.7 Å². The predicted octanol–water partition coefficient (Wildman–Crippen LogP) is 3.69. The van der Waals surface area contributed by atoms with E-state index in [1.165, 1.54) is 0 Å². The molecule has 1 fully saturated rings. The van der Waals surface area contributed by atoms with Crippen LogP contribution in [-0.2, 0) is 22.6 Å². The smallest absolute Gasteiger partial charge is 0.409 e. The van der Waals surface area contributed by atoms with E-state index in [2.05, 4.69) is 10.3 Å². The Bertz CT molecular complexity index is 931. The van der Waals surface area contributed by atoms with E-state index in [-0.39, 0.29) is 48.7 Å². The standard InChI is InChI=1S/C24H30N4O4.HI/c1-2-31-24(30)28-13-11-21(12-14-28)27-23(25)26-16-19-9-6-10-20(15-19)22(29)32-17-18-7-4-3-5-8-18;/h3-10,15,21H,2,11-14,16-17H2,1H3,(H3,25,26,27);1H. The van der Waals surface area contributed by atoms with Crippen LogP contribution >= 0.6 is 24.0 Å². The fraction of sp³-hybridized carbons (Fsp3) is 0.375. The maximum atomic E-state index is 12.4. The lowest BCUT2D eigenvalue weighted by Gasteiger charge is -2.31. The van der Waals surface area contributed by atoms with E-state index in [1.807, 2.05) is 36.4 Å². The summed E-state index contributed by atoms with van der Waals surface area (Å²) in [7, 11) is 0. The first-order valence-electron chi connectivity index (χ1n) is 10.8. The van der Waals surface area contributed by atoms with Crippen LogP contribution in [0.25, 0.3) is 0 Å². The van der Waals surface area contributed by atoms with Gasteiger partial charge in [-0.2, -0.15) is 0 Å². The Morgan fingerprint density at radius 2 is 1.76 bits per heavy atom. The van der Waals surface area contributed by atoms with E-state index in [1.54, 1.807) is 30.0 Å². The van der Waals surface area contributed by atoms with E-state index in [4.69, 9.17) is 15.2 Å².